The molecule has 0 bridgehead atoms. The van der Waals surface area contributed by atoms with E-state index in [0.29, 0.717) is 19.6 Å². The first-order chi connectivity index (χ1) is 12.7. The van der Waals surface area contributed by atoms with Gasteiger partial charge in [0.05, 0.1) is 13.5 Å². The molecule has 0 saturated carbocycles. The number of nitrogens with zero attached hydrogens (tertiary/aromatic N) is 3. The molecule has 0 aliphatic carbocycles. The summed E-state index contributed by atoms with van der Waals surface area (Å²) in [4.78, 5) is 14.4. The lowest BCUT2D eigenvalue weighted by Crippen LogP contribution is -2.05. The van der Waals surface area contributed by atoms with E-state index in [1.807, 2.05) is 36.4 Å². The summed E-state index contributed by atoms with van der Waals surface area (Å²) in [6.45, 7) is 0.868. The third kappa shape index (κ3) is 3.87. The standard InChI is InChI=1S/C20H19N3O3/c1-25-20(24)12-14-8-9-19-18(11-14)17(7-4-10-22-23-21)16-6-3-2-5-15(16)13-26-19/h2-3,5-9,11H,4,10,12-13H2,1H3/b17-7-. The van der Waals surface area contributed by atoms with E-state index >= 15 is 0 Å². The number of benzene rings is 2. The van der Waals surface area contributed by atoms with Crippen molar-refractivity contribution in [1.29, 1.82) is 0 Å². The molecule has 0 saturated heterocycles. The topological polar surface area (TPSA) is 84.3 Å². The normalized spacial score (nSPS) is 13.7. The molecule has 1 aliphatic heterocycles. The molecule has 2 aromatic rings. The van der Waals surface area contributed by atoms with Gasteiger partial charge >= 0.3 is 5.97 Å². The Bertz CT molecular complexity index is 899. The second kappa shape index (κ2) is 8.23. The molecule has 0 spiro atoms. The van der Waals surface area contributed by atoms with Crippen LogP contribution in [0.25, 0.3) is 16.0 Å². The molecule has 2 aromatic carbocycles. The summed E-state index contributed by atoms with van der Waals surface area (Å²) in [5.74, 6) is 0.485. The number of methoxy groups -OCH3 is 1. The van der Waals surface area contributed by atoms with Crippen molar-refractivity contribution in [3.05, 3.63) is 81.2 Å². The van der Waals surface area contributed by atoms with Gasteiger partial charge in [-0.05, 0) is 46.3 Å². The van der Waals surface area contributed by atoms with E-state index in [9.17, 15) is 4.79 Å². The smallest absolute Gasteiger partial charge is 0.309 e. The van der Waals surface area contributed by atoms with E-state index in [1.165, 1.54) is 7.11 Å². The fraction of sp³-hybridized carbons (Fsp3) is 0.250. The Balaban J connectivity index is 2.06. The minimum atomic E-state index is -0.284. The van der Waals surface area contributed by atoms with Crippen LogP contribution in [0, 0.1) is 0 Å². The van der Waals surface area contributed by atoms with Crippen molar-refractivity contribution < 1.29 is 14.3 Å². The highest BCUT2D eigenvalue weighted by Crippen LogP contribution is 2.37. The SMILES string of the molecule is COC(=O)Cc1ccc2c(c1)/C(=C\CCN=[N+]=[N-])c1ccccc1CO2. The lowest BCUT2D eigenvalue weighted by atomic mass is 9.92. The maximum Gasteiger partial charge on any atom is 0.309 e. The van der Waals surface area contributed by atoms with Crippen molar-refractivity contribution in [3.8, 4) is 5.75 Å². The minimum absolute atomic E-state index is 0.206. The molecule has 0 radical (unpaired) electrons. The van der Waals surface area contributed by atoms with Crippen molar-refractivity contribution in [2.75, 3.05) is 13.7 Å². The van der Waals surface area contributed by atoms with E-state index < -0.39 is 0 Å². The van der Waals surface area contributed by atoms with Crippen LogP contribution in [-0.2, 0) is 22.6 Å². The Morgan fingerprint density at radius 2 is 2.15 bits per heavy atom. The van der Waals surface area contributed by atoms with Crippen LogP contribution in [0.4, 0.5) is 0 Å². The summed E-state index contributed by atoms with van der Waals surface area (Å²) in [7, 11) is 1.38. The largest absolute Gasteiger partial charge is 0.488 e. The number of hydrogen-bond donors (Lipinski definition) is 0. The first kappa shape index (κ1) is 17.6. The Labute approximate surface area is 151 Å². The zero-order valence-electron chi connectivity index (χ0n) is 14.5. The highest BCUT2D eigenvalue weighted by molar-refractivity contribution is 5.85. The Kier molecular flexibility index (Phi) is 5.56. The lowest BCUT2D eigenvalue weighted by molar-refractivity contribution is -0.139. The van der Waals surface area contributed by atoms with Crippen LogP contribution in [0.2, 0.25) is 0 Å². The second-order valence-corrected chi connectivity index (χ2v) is 5.89. The zero-order valence-corrected chi connectivity index (χ0v) is 14.5. The monoisotopic (exact) mass is 349 g/mol. The molecule has 26 heavy (non-hydrogen) atoms. The van der Waals surface area contributed by atoms with Gasteiger partial charge < -0.3 is 9.47 Å². The second-order valence-electron chi connectivity index (χ2n) is 5.89. The maximum absolute atomic E-state index is 11.6. The van der Waals surface area contributed by atoms with Crippen LogP contribution in [-0.4, -0.2) is 19.6 Å². The third-order valence-electron chi connectivity index (χ3n) is 4.24. The molecular weight excluding hydrogens is 330 g/mol. The summed E-state index contributed by atoms with van der Waals surface area (Å²) in [5.41, 5.74) is 13.5. The Hall–Kier alpha value is -3.24. The molecule has 6 nitrogen and oxygen atoms in total. The van der Waals surface area contributed by atoms with Crippen LogP contribution >= 0.6 is 0 Å². The number of azide groups is 1. The molecule has 3 rings (SSSR count). The van der Waals surface area contributed by atoms with Gasteiger partial charge in [0.1, 0.15) is 12.4 Å². The number of carbonyl (C=O) groups excluding carboxylic acids is 1. The third-order valence-corrected chi connectivity index (χ3v) is 4.24. The first-order valence-corrected chi connectivity index (χ1v) is 8.35. The minimum Gasteiger partial charge on any atom is -0.488 e. The average molecular weight is 349 g/mol. The molecule has 132 valence electrons. The summed E-state index contributed by atoms with van der Waals surface area (Å²) < 4.78 is 10.7. The van der Waals surface area contributed by atoms with Crippen LogP contribution < -0.4 is 4.74 Å². The van der Waals surface area contributed by atoms with E-state index in [0.717, 1.165) is 33.6 Å². The van der Waals surface area contributed by atoms with Gasteiger partial charge in [-0.15, -0.1) is 0 Å². The molecule has 0 unspecified atom stereocenters. The van der Waals surface area contributed by atoms with Crippen LogP contribution in [0.3, 0.4) is 0 Å². The van der Waals surface area contributed by atoms with E-state index in [1.54, 1.807) is 0 Å². The fourth-order valence-electron chi connectivity index (χ4n) is 3.00. The van der Waals surface area contributed by atoms with Crippen molar-refractivity contribution in [2.45, 2.75) is 19.4 Å². The van der Waals surface area contributed by atoms with Gasteiger partial charge in [-0.3, -0.25) is 4.79 Å². The van der Waals surface area contributed by atoms with Crippen LogP contribution in [0.15, 0.2) is 53.7 Å². The van der Waals surface area contributed by atoms with E-state index in [4.69, 9.17) is 15.0 Å². The molecule has 1 heterocycles. The van der Waals surface area contributed by atoms with E-state index in [-0.39, 0.29) is 12.4 Å². The zero-order chi connectivity index (χ0) is 18.4. The number of fused-ring (bicyclic) bond motifs is 2. The maximum atomic E-state index is 11.6. The summed E-state index contributed by atoms with van der Waals surface area (Å²) >= 11 is 0. The Morgan fingerprint density at radius 1 is 1.31 bits per heavy atom. The first-order valence-electron chi connectivity index (χ1n) is 8.35. The van der Waals surface area contributed by atoms with Gasteiger partial charge in [-0.2, -0.15) is 0 Å². The Morgan fingerprint density at radius 3 is 2.96 bits per heavy atom. The quantitative estimate of drug-likeness (QED) is 0.263. The predicted octanol–water partition coefficient (Wildman–Crippen LogP) is 4.43. The molecule has 0 amide bonds. The van der Waals surface area contributed by atoms with Gasteiger partial charge in [-0.1, -0.05) is 41.5 Å². The number of esters is 1. The number of hydrogen-bond acceptors (Lipinski definition) is 4. The van der Waals surface area contributed by atoms with Gasteiger partial charge in [0.25, 0.3) is 0 Å². The molecule has 0 fully saturated rings. The average Bonchev–Trinajstić information content (AvgIpc) is 2.82. The summed E-state index contributed by atoms with van der Waals surface area (Å²) in [6.07, 6.45) is 2.88. The van der Waals surface area contributed by atoms with Gasteiger partial charge in [0.2, 0.25) is 0 Å². The van der Waals surface area contributed by atoms with Gasteiger partial charge in [0, 0.05) is 17.0 Å². The number of rotatable bonds is 5. The molecule has 0 atom stereocenters. The lowest BCUT2D eigenvalue weighted by Gasteiger charge is -2.12. The molecular formula is C20H19N3O3. The number of carbonyl (C=O) groups is 1. The highest BCUT2D eigenvalue weighted by Gasteiger charge is 2.19. The summed E-state index contributed by atoms with van der Waals surface area (Å²) in [6, 6.07) is 13.8. The number of ether oxygens (including phenoxy) is 2. The van der Waals surface area contributed by atoms with Gasteiger partial charge in [0.15, 0.2) is 0 Å². The fourth-order valence-corrected chi connectivity index (χ4v) is 3.00. The van der Waals surface area contributed by atoms with Crippen molar-refractivity contribution >= 4 is 11.5 Å². The molecule has 0 N–H and O–H groups in total. The van der Waals surface area contributed by atoms with E-state index in [2.05, 4.69) is 22.2 Å². The van der Waals surface area contributed by atoms with Crippen LogP contribution in [0.1, 0.15) is 28.7 Å². The summed E-state index contributed by atoms with van der Waals surface area (Å²) in [5, 5.41) is 3.60. The predicted molar refractivity (Wildman–Crippen MR) is 98.6 cm³/mol. The molecule has 6 heteroatoms. The van der Waals surface area contributed by atoms with Gasteiger partial charge in [-0.25, -0.2) is 0 Å². The van der Waals surface area contributed by atoms with Crippen molar-refractivity contribution in [1.82, 2.24) is 0 Å². The van der Waals surface area contributed by atoms with Crippen molar-refractivity contribution in [2.24, 2.45) is 5.11 Å². The highest BCUT2D eigenvalue weighted by atomic mass is 16.5. The molecule has 0 aromatic heterocycles. The van der Waals surface area contributed by atoms with Crippen molar-refractivity contribution in [3.63, 3.8) is 0 Å². The van der Waals surface area contributed by atoms with Crippen LogP contribution in [0.5, 0.6) is 5.75 Å². The molecule has 1 aliphatic rings.